The Morgan fingerprint density at radius 2 is 1.94 bits per heavy atom. The van der Waals surface area contributed by atoms with E-state index in [1.807, 2.05) is 42.5 Å². The van der Waals surface area contributed by atoms with Crippen molar-refractivity contribution >= 4 is 28.6 Å². The summed E-state index contributed by atoms with van der Waals surface area (Å²) in [7, 11) is 1.66. The summed E-state index contributed by atoms with van der Waals surface area (Å²) >= 11 is 0. The molecule has 0 bridgehead atoms. The number of benzene rings is 3. The Morgan fingerprint density at radius 1 is 1.18 bits per heavy atom. The molecule has 3 aromatic rings. The van der Waals surface area contributed by atoms with Crippen LogP contribution in [0.3, 0.4) is 0 Å². The van der Waals surface area contributed by atoms with E-state index in [4.69, 9.17) is 9.47 Å². The summed E-state index contributed by atoms with van der Waals surface area (Å²) in [5.74, 6) is 1.49. The van der Waals surface area contributed by atoms with Crippen molar-refractivity contribution in [2.45, 2.75) is 45.6 Å². The predicted octanol–water partition coefficient (Wildman–Crippen LogP) is 5.49. The van der Waals surface area contributed by atoms with Crippen LogP contribution in [-0.4, -0.2) is 37.9 Å². The van der Waals surface area contributed by atoms with Crippen LogP contribution in [0.1, 0.15) is 51.2 Å². The van der Waals surface area contributed by atoms with Crippen molar-refractivity contribution in [3.63, 3.8) is 0 Å². The first-order valence-corrected chi connectivity index (χ1v) is 11.8. The molecule has 0 spiro atoms. The lowest BCUT2D eigenvalue weighted by atomic mass is 9.79. The number of hydrogen-bond donors (Lipinski definition) is 1. The van der Waals surface area contributed by atoms with E-state index in [0.717, 1.165) is 35.1 Å². The second kappa shape index (κ2) is 9.75. The maximum atomic E-state index is 12.3. The molecule has 0 aromatic heterocycles. The molecule has 3 aromatic carbocycles. The molecule has 1 aliphatic rings. The van der Waals surface area contributed by atoms with Gasteiger partial charge in [0.05, 0.1) is 13.3 Å². The smallest absolute Gasteiger partial charge is 0.277 e. The zero-order chi connectivity index (χ0) is 24.3. The number of rotatable bonds is 7. The number of nitrogens with one attached hydrogen (secondary N) is 1. The van der Waals surface area contributed by atoms with Crippen LogP contribution in [-0.2, 0) is 4.79 Å². The van der Waals surface area contributed by atoms with Gasteiger partial charge in [-0.1, -0.05) is 43.3 Å². The zero-order valence-electron chi connectivity index (χ0n) is 20.6. The SMILES string of the molecule is CCN1c2cc(OC)c(/C=N/NC(=O)COc3cccc4ccccc34)cc2C(C)CC1(C)C. The predicted molar refractivity (Wildman–Crippen MR) is 138 cm³/mol. The van der Waals surface area contributed by atoms with Crippen LogP contribution in [0, 0.1) is 0 Å². The monoisotopic (exact) mass is 459 g/mol. The minimum Gasteiger partial charge on any atom is -0.496 e. The lowest BCUT2D eigenvalue weighted by Gasteiger charge is -2.47. The van der Waals surface area contributed by atoms with Gasteiger partial charge in [0.15, 0.2) is 6.61 Å². The Morgan fingerprint density at radius 3 is 2.71 bits per heavy atom. The Hall–Kier alpha value is -3.54. The molecule has 0 saturated carbocycles. The summed E-state index contributed by atoms with van der Waals surface area (Å²) in [5.41, 5.74) is 5.95. The van der Waals surface area contributed by atoms with E-state index in [0.29, 0.717) is 11.7 Å². The molecular formula is C28H33N3O3. The van der Waals surface area contributed by atoms with Crippen LogP contribution in [0.2, 0.25) is 0 Å². The van der Waals surface area contributed by atoms with E-state index >= 15 is 0 Å². The highest BCUT2D eigenvalue weighted by Gasteiger charge is 2.36. The van der Waals surface area contributed by atoms with Crippen molar-refractivity contribution in [3.8, 4) is 11.5 Å². The van der Waals surface area contributed by atoms with Gasteiger partial charge in [0.1, 0.15) is 11.5 Å². The van der Waals surface area contributed by atoms with Crippen molar-refractivity contribution in [2.75, 3.05) is 25.2 Å². The third-order valence-electron chi connectivity index (χ3n) is 6.55. The van der Waals surface area contributed by atoms with Crippen LogP contribution in [0.15, 0.2) is 59.7 Å². The van der Waals surface area contributed by atoms with Gasteiger partial charge in [0.25, 0.3) is 5.91 Å². The van der Waals surface area contributed by atoms with Gasteiger partial charge in [0.2, 0.25) is 0 Å². The number of nitrogens with zero attached hydrogens (tertiary/aromatic N) is 2. The second-order valence-corrected chi connectivity index (χ2v) is 9.37. The fraction of sp³-hybridized carbons (Fsp3) is 0.357. The quantitative estimate of drug-likeness (QED) is 0.375. The largest absolute Gasteiger partial charge is 0.496 e. The highest BCUT2D eigenvalue weighted by Crippen LogP contribution is 2.45. The summed E-state index contributed by atoms with van der Waals surface area (Å²) in [6.45, 7) is 9.81. The van der Waals surface area contributed by atoms with Gasteiger partial charge in [-0.05, 0) is 56.2 Å². The fourth-order valence-electron chi connectivity index (χ4n) is 5.07. The molecule has 1 N–H and O–H groups in total. The summed E-state index contributed by atoms with van der Waals surface area (Å²) in [6, 6.07) is 17.9. The number of hydrazone groups is 1. The Balaban J connectivity index is 1.46. The van der Waals surface area contributed by atoms with E-state index in [1.165, 1.54) is 11.3 Å². The minimum absolute atomic E-state index is 0.0832. The average Bonchev–Trinajstić information content (AvgIpc) is 2.82. The highest BCUT2D eigenvalue weighted by atomic mass is 16.5. The second-order valence-electron chi connectivity index (χ2n) is 9.37. The van der Waals surface area contributed by atoms with E-state index in [2.05, 4.69) is 55.3 Å². The van der Waals surface area contributed by atoms with Gasteiger partial charge in [-0.3, -0.25) is 4.79 Å². The number of hydrogen-bond acceptors (Lipinski definition) is 5. The van der Waals surface area contributed by atoms with E-state index in [-0.39, 0.29) is 18.1 Å². The Bertz CT molecular complexity index is 1210. The number of methoxy groups -OCH3 is 1. The van der Waals surface area contributed by atoms with Crippen LogP contribution in [0.4, 0.5) is 5.69 Å². The summed E-state index contributed by atoms with van der Waals surface area (Å²) < 4.78 is 11.4. The summed E-state index contributed by atoms with van der Waals surface area (Å²) in [4.78, 5) is 14.8. The molecule has 34 heavy (non-hydrogen) atoms. The Kier molecular flexibility index (Phi) is 6.77. The van der Waals surface area contributed by atoms with E-state index in [1.54, 1.807) is 13.3 Å². The molecule has 0 saturated heterocycles. The molecule has 0 fully saturated rings. The molecule has 4 rings (SSSR count). The van der Waals surface area contributed by atoms with Gasteiger partial charge in [-0.15, -0.1) is 0 Å². The number of carbonyl (C=O) groups excluding carboxylic acids is 1. The van der Waals surface area contributed by atoms with Crippen LogP contribution in [0.5, 0.6) is 11.5 Å². The van der Waals surface area contributed by atoms with Crippen LogP contribution in [0.25, 0.3) is 10.8 Å². The van der Waals surface area contributed by atoms with Crippen LogP contribution >= 0.6 is 0 Å². The number of anilines is 1. The zero-order valence-corrected chi connectivity index (χ0v) is 20.6. The fourth-order valence-corrected chi connectivity index (χ4v) is 5.07. The normalized spacial score (nSPS) is 17.0. The molecule has 1 heterocycles. The lowest BCUT2D eigenvalue weighted by molar-refractivity contribution is -0.123. The third kappa shape index (κ3) is 4.72. The first kappa shape index (κ1) is 23.6. The highest BCUT2D eigenvalue weighted by molar-refractivity contribution is 5.89. The maximum Gasteiger partial charge on any atom is 0.277 e. The number of ether oxygens (including phenoxy) is 2. The molecule has 1 atom stereocenters. The molecule has 1 unspecified atom stereocenters. The van der Waals surface area contributed by atoms with Gasteiger partial charge >= 0.3 is 0 Å². The molecule has 1 aliphatic heterocycles. The number of fused-ring (bicyclic) bond motifs is 2. The molecule has 1 amide bonds. The minimum atomic E-state index is -0.326. The van der Waals surface area contributed by atoms with Crippen molar-refractivity contribution in [1.82, 2.24) is 5.43 Å². The Labute approximate surface area is 201 Å². The van der Waals surface area contributed by atoms with Gasteiger partial charge in [-0.2, -0.15) is 5.10 Å². The molecule has 6 heteroatoms. The standard InChI is InChI=1S/C28H33N3O3/c1-6-31-24-15-26(33-5)21(14-23(24)19(2)16-28(31,3)4)17-29-30-27(32)18-34-25-13-9-11-20-10-7-8-12-22(20)25/h7-15,17,19H,6,16,18H2,1-5H3,(H,30,32)/b29-17+. The molecule has 0 radical (unpaired) electrons. The summed E-state index contributed by atoms with van der Waals surface area (Å²) in [5, 5.41) is 6.21. The van der Waals surface area contributed by atoms with Crippen molar-refractivity contribution in [1.29, 1.82) is 0 Å². The topological polar surface area (TPSA) is 63.2 Å². The number of carbonyl (C=O) groups is 1. The molecule has 6 nitrogen and oxygen atoms in total. The van der Waals surface area contributed by atoms with Crippen molar-refractivity contribution in [3.05, 3.63) is 65.7 Å². The van der Waals surface area contributed by atoms with Crippen molar-refractivity contribution < 1.29 is 14.3 Å². The van der Waals surface area contributed by atoms with Crippen LogP contribution < -0.4 is 19.8 Å². The number of amides is 1. The van der Waals surface area contributed by atoms with Gasteiger partial charge < -0.3 is 14.4 Å². The summed E-state index contributed by atoms with van der Waals surface area (Å²) in [6.07, 6.45) is 2.71. The lowest BCUT2D eigenvalue weighted by Crippen LogP contribution is -2.48. The van der Waals surface area contributed by atoms with E-state index < -0.39 is 0 Å². The van der Waals surface area contributed by atoms with E-state index in [9.17, 15) is 4.79 Å². The maximum absolute atomic E-state index is 12.3. The third-order valence-corrected chi connectivity index (χ3v) is 6.55. The van der Waals surface area contributed by atoms with Crippen molar-refractivity contribution in [2.24, 2.45) is 5.10 Å². The van der Waals surface area contributed by atoms with Gasteiger partial charge in [-0.25, -0.2) is 5.43 Å². The molecular weight excluding hydrogens is 426 g/mol. The molecule has 0 aliphatic carbocycles. The first-order valence-electron chi connectivity index (χ1n) is 11.8. The van der Waals surface area contributed by atoms with Gasteiger partial charge in [0, 0.05) is 34.8 Å². The molecule has 178 valence electrons. The first-order chi connectivity index (χ1) is 16.3. The average molecular weight is 460 g/mol.